The molecule has 17 heavy (non-hydrogen) atoms. The van der Waals surface area contributed by atoms with Gasteiger partial charge in [0.2, 0.25) is 0 Å². The minimum absolute atomic E-state index is 0.123. The van der Waals surface area contributed by atoms with Crippen molar-refractivity contribution >= 4 is 6.08 Å². The SMILES string of the molecule is CCCCCC(N)CO/[C]=C/c1ccccc1. The summed E-state index contributed by atoms with van der Waals surface area (Å²) in [5, 5.41) is 0. The Morgan fingerprint density at radius 2 is 2.06 bits per heavy atom. The summed E-state index contributed by atoms with van der Waals surface area (Å²) in [6.45, 7) is 2.74. The smallest absolute Gasteiger partial charge is 0.161 e. The molecule has 0 saturated carbocycles. The Balaban J connectivity index is 2.12. The molecule has 2 nitrogen and oxygen atoms in total. The maximum absolute atomic E-state index is 5.92. The van der Waals surface area contributed by atoms with Gasteiger partial charge in [0, 0.05) is 6.04 Å². The molecule has 93 valence electrons. The number of hydrogen-bond acceptors (Lipinski definition) is 2. The molecule has 0 aliphatic rings. The van der Waals surface area contributed by atoms with E-state index in [0.717, 1.165) is 12.0 Å². The molecule has 0 aliphatic carbocycles. The minimum atomic E-state index is 0.123. The zero-order chi connectivity index (χ0) is 12.3. The van der Waals surface area contributed by atoms with E-state index >= 15 is 0 Å². The van der Waals surface area contributed by atoms with E-state index in [2.05, 4.69) is 13.2 Å². The number of rotatable bonds is 8. The first-order valence-electron chi connectivity index (χ1n) is 6.34. The van der Waals surface area contributed by atoms with E-state index < -0.39 is 0 Å². The number of hydrogen-bond donors (Lipinski definition) is 1. The second-order valence-electron chi connectivity index (χ2n) is 4.24. The van der Waals surface area contributed by atoms with E-state index in [0.29, 0.717) is 6.61 Å². The third kappa shape index (κ3) is 6.80. The molecule has 1 atom stereocenters. The normalized spacial score (nSPS) is 12.8. The van der Waals surface area contributed by atoms with Crippen LogP contribution in [0, 0.1) is 6.26 Å². The van der Waals surface area contributed by atoms with Crippen molar-refractivity contribution in [2.24, 2.45) is 5.73 Å². The van der Waals surface area contributed by atoms with Gasteiger partial charge in [-0.25, -0.2) is 0 Å². The van der Waals surface area contributed by atoms with Crippen LogP contribution in [0.4, 0.5) is 0 Å². The summed E-state index contributed by atoms with van der Waals surface area (Å²) in [4.78, 5) is 0. The Bertz CT molecular complexity index is 308. The molecule has 0 saturated heterocycles. The quantitative estimate of drug-likeness (QED) is 0.551. The van der Waals surface area contributed by atoms with E-state index in [1.807, 2.05) is 36.4 Å². The summed E-state index contributed by atoms with van der Waals surface area (Å²) < 4.78 is 5.30. The molecule has 0 bridgehead atoms. The standard InChI is InChI=1S/C15H22NO/c1-2-3-5-10-15(16)13-17-12-11-14-8-6-4-7-9-14/h4,6-9,11,15H,2-3,5,10,13,16H2,1H3. The van der Waals surface area contributed by atoms with Crippen molar-refractivity contribution in [3.8, 4) is 0 Å². The molecule has 0 heterocycles. The molecule has 2 N–H and O–H groups in total. The highest BCUT2D eigenvalue weighted by Crippen LogP contribution is 2.03. The molecule has 0 fully saturated rings. The summed E-state index contributed by atoms with van der Waals surface area (Å²) in [5.74, 6) is 0. The molecule has 0 aromatic heterocycles. The van der Waals surface area contributed by atoms with Gasteiger partial charge in [0.1, 0.15) is 6.61 Å². The summed E-state index contributed by atoms with van der Waals surface area (Å²) >= 11 is 0. The van der Waals surface area contributed by atoms with Gasteiger partial charge in [0.25, 0.3) is 0 Å². The third-order valence-corrected chi connectivity index (χ3v) is 2.58. The van der Waals surface area contributed by atoms with Gasteiger partial charge in [-0.3, -0.25) is 0 Å². The number of benzene rings is 1. The Hall–Kier alpha value is -1.28. The zero-order valence-corrected chi connectivity index (χ0v) is 10.6. The van der Waals surface area contributed by atoms with Crippen LogP contribution in [0.15, 0.2) is 30.3 Å². The molecule has 1 rings (SSSR count). The Kier molecular flexibility index (Phi) is 7.15. The van der Waals surface area contributed by atoms with Crippen LogP contribution in [0.1, 0.15) is 38.2 Å². The highest BCUT2D eigenvalue weighted by Gasteiger charge is 2.00. The summed E-state index contributed by atoms with van der Waals surface area (Å²) in [5.41, 5.74) is 7.00. The average molecular weight is 232 g/mol. The fourth-order valence-corrected chi connectivity index (χ4v) is 1.55. The van der Waals surface area contributed by atoms with Crippen molar-refractivity contribution in [1.29, 1.82) is 0 Å². The highest BCUT2D eigenvalue weighted by atomic mass is 16.5. The van der Waals surface area contributed by atoms with Gasteiger partial charge in [-0.2, -0.15) is 0 Å². The first-order chi connectivity index (χ1) is 8.33. The van der Waals surface area contributed by atoms with Crippen LogP contribution in [0.3, 0.4) is 0 Å². The van der Waals surface area contributed by atoms with Crippen molar-refractivity contribution in [2.45, 2.75) is 38.6 Å². The zero-order valence-electron chi connectivity index (χ0n) is 10.6. The highest BCUT2D eigenvalue weighted by molar-refractivity contribution is 5.45. The summed E-state index contributed by atoms with van der Waals surface area (Å²) in [6, 6.07) is 10.1. The van der Waals surface area contributed by atoms with Crippen LogP contribution < -0.4 is 5.73 Å². The minimum Gasteiger partial charge on any atom is -0.488 e. The second kappa shape index (κ2) is 8.82. The molecular formula is C15H22NO. The van der Waals surface area contributed by atoms with Gasteiger partial charge in [-0.05, 0) is 18.1 Å². The molecule has 0 amide bonds. The van der Waals surface area contributed by atoms with Gasteiger partial charge in [-0.1, -0.05) is 56.5 Å². The van der Waals surface area contributed by atoms with Crippen molar-refractivity contribution in [1.82, 2.24) is 0 Å². The first-order valence-corrected chi connectivity index (χ1v) is 6.34. The van der Waals surface area contributed by atoms with Crippen LogP contribution in [0.2, 0.25) is 0 Å². The van der Waals surface area contributed by atoms with Gasteiger partial charge in [-0.15, -0.1) is 0 Å². The van der Waals surface area contributed by atoms with E-state index in [9.17, 15) is 0 Å². The van der Waals surface area contributed by atoms with E-state index in [4.69, 9.17) is 10.5 Å². The van der Waals surface area contributed by atoms with Gasteiger partial charge >= 0.3 is 0 Å². The lowest BCUT2D eigenvalue weighted by molar-refractivity contribution is 0.205. The molecule has 1 aromatic carbocycles. The van der Waals surface area contributed by atoms with Crippen LogP contribution in [0.5, 0.6) is 0 Å². The molecule has 1 aromatic rings. The maximum atomic E-state index is 5.92. The van der Waals surface area contributed by atoms with Gasteiger partial charge in [0.05, 0.1) is 0 Å². The van der Waals surface area contributed by atoms with Crippen molar-refractivity contribution in [3.05, 3.63) is 42.2 Å². The van der Waals surface area contributed by atoms with Crippen LogP contribution in [0.25, 0.3) is 6.08 Å². The number of ether oxygens (including phenoxy) is 1. The summed E-state index contributed by atoms with van der Waals surface area (Å²) in [7, 11) is 0. The number of nitrogens with two attached hydrogens (primary N) is 1. The predicted octanol–water partition coefficient (Wildman–Crippen LogP) is 3.38. The van der Waals surface area contributed by atoms with Crippen molar-refractivity contribution < 1.29 is 4.74 Å². The topological polar surface area (TPSA) is 35.2 Å². The van der Waals surface area contributed by atoms with Crippen molar-refractivity contribution in [3.63, 3.8) is 0 Å². The molecular weight excluding hydrogens is 210 g/mol. The predicted molar refractivity (Wildman–Crippen MR) is 72.2 cm³/mol. The largest absolute Gasteiger partial charge is 0.488 e. The molecule has 0 aliphatic heterocycles. The maximum Gasteiger partial charge on any atom is 0.161 e. The number of unbranched alkanes of at least 4 members (excludes halogenated alkanes) is 2. The van der Waals surface area contributed by atoms with Gasteiger partial charge in [0.15, 0.2) is 6.26 Å². The van der Waals surface area contributed by atoms with E-state index in [-0.39, 0.29) is 6.04 Å². The lowest BCUT2D eigenvalue weighted by atomic mass is 10.1. The lowest BCUT2D eigenvalue weighted by Crippen LogP contribution is -2.25. The first kappa shape index (κ1) is 13.8. The molecule has 0 spiro atoms. The Morgan fingerprint density at radius 3 is 2.76 bits per heavy atom. The van der Waals surface area contributed by atoms with E-state index in [1.165, 1.54) is 19.3 Å². The van der Waals surface area contributed by atoms with Gasteiger partial charge < -0.3 is 10.5 Å². The average Bonchev–Trinajstić information content (AvgIpc) is 2.36. The van der Waals surface area contributed by atoms with E-state index in [1.54, 1.807) is 0 Å². The molecule has 2 heteroatoms. The Morgan fingerprint density at radius 1 is 1.29 bits per heavy atom. The second-order valence-corrected chi connectivity index (χ2v) is 4.24. The van der Waals surface area contributed by atoms with Crippen LogP contribution >= 0.6 is 0 Å². The Labute approximate surface area is 104 Å². The third-order valence-electron chi connectivity index (χ3n) is 2.58. The molecule has 1 radical (unpaired) electrons. The monoisotopic (exact) mass is 232 g/mol. The van der Waals surface area contributed by atoms with Crippen LogP contribution in [-0.4, -0.2) is 12.6 Å². The lowest BCUT2D eigenvalue weighted by Gasteiger charge is -2.09. The fraction of sp³-hybridized carbons (Fsp3) is 0.467. The molecule has 1 unspecified atom stereocenters. The van der Waals surface area contributed by atoms with Crippen molar-refractivity contribution in [2.75, 3.05) is 6.61 Å². The van der Waals surface area contributed by atoms with Crippen LogP contribution in [-0.2, 0) is 4.74 Å². The fourth-order valence-electron chi connectivity index (χ4n) is 1.55. The summed E-state index contributed by atoms with van der Waals surface area (Å²) in [6.07, 6.45) is 9.34.